The molecule has 0 saturated carbocycles. The smallest absolute Gasteiger partial charge is 0.336 e. The van der Waals surface area contributed by atoms with Crippen molar-refractivity contribution in [3.63, 3.8) is 0 Å². The van der Waals surface area contributed by atoms with Crippen LogP contribution in [0.3, 0.4) is 0 Å². The molecule has 5 aromatic rings. The van der Waals surface area contributed by atoms with Crippen molar-refractivity contribution in [1.29, 1.82) is 0 Å². The van der Waals surface area contributed by atoms with E-state index in [0.717, 1.165) is 39.8 Å². The summed E-state index contributed by atoms with van der Waals surface area (Å²) < 4.78 is 13.0. The minimum Gasteiger partial charge on any atom is -0.478 e. The molecule has 56 heavy (non-hydrogen) atoms. The zero-order valence-corrected chi connectivity index (χ0v) is 31.9. The van der Waals surface area contributed by atoms with Crippen molar-refractivity contribution in [2.24, 2.45) is 0 Å². The van der Waals surface area contributed by atoms with Crippen LogP contribution < -0.4 is 16.4 Å². The molecule has 1 aliphatic heterocycles. The van der Waals surface area contributed by atoms with Crippen molar-refractivity contribution in [3.8, 4) is 11.1 Å². The minimum absolute atomic E-state index is 0.0285. The first-order valence-corrected chi connectivity index (χ1v) is 19.8. The summed E-state index contributed by atoms with van der Waals surface area (Å²) in [6, 6.07) is 38.0. The van der Waals surface area contributed by atoms with Gasteiger partial charge in [0.1, 0.15) is 0 Å². The molecular formula is C45H47N3O7S. The standard InChI is InChI=1S/C45H47N3O7S/c46-38-12-5-6-13-39(38)48-43(51)16-3-1-2-15-42(50)47-27-31-9-8-10-35(25-31)32-21-23-34(24-22-32)45-54-36(29-56-41-14-7-4-11-37(41)44(52)53)26-40(55-45)33-19-17-30(28-49)18-20-33/h4-14,17-25,36,40,45,49H,1-3,15-16,26-29,46H2,(H,47,50)(H,48,51)(H,52,53). The Bertz CT molecular complexity index is 2090. The maximum atomic E-state index is 12.6. The Morgan fingerprint density at radius 2 is 1.45 bits per heavy atom. The van der Waals surface area contributed by atoms with Crippen LogP contribution in [0, 0.1) is 0 Å². The summed E-state index contributed by atoms with van der Waals surface area (Å²) in [6.45, 7) is 0.368. The van der Waals surface area contributed by atoms with E-state index in [1.54, 1.807) is 24.3 Å². The van der Waals surface area contributed by atoms with Crippen LogP contribution >= 0.6 is 11.8 Å². The van der Waals surface area contributed by atoms with E-state index in [-0.39, 0.29) is 36.2 Å². The lowest BCUT2D eigenvalue weighted by atomic mass is 9.99. The van der Waals surface area contributed by atoms with E-state index in [0.29, 0.717) is 60.7 Å². The summed E-state index contributed by atoms with van der Waals surface area (Å²) >= 11 is 1.46. The van der Waals surface area contributed by atoms with Crippen LogP contribution in [0.15, 0.2) is 126 Å². The zero-order valence-electron chi connectivity index (χ0n) is 31.1. The summed E-state index contributed by atoms with van der Waals surface area (Å²) in [4.78, 5) is 37.3. The highest BCUT2D eigenvalue weighted by Gasteiger charge is 2.32. The molecule has 0 spiro atoms. The first-order chi connectivity index (χ1) is 27.2. The number of benzene rings is 5. The summed E-state index contributed by atoms with van der Waals surface area (Å²) in [5.41, 5.74) is 13.0. The molecule has 6 rings (SSSR count). The van der Waals surface area contributed by atoms with E-state index in [4.69, 9.17) is 15.2 Å². The lowest BCUT2D eigenvalue weighted by molar-refractivity contribution is -0.245. The molecule has 1 aliphatic rings. The number of nitrogen functional groups attached to an aromatic ring is 1. The number of carboxylic acid groups (broad SMARTS) is 1. The number of carbonyl (C=O) groups is 3. The quantitative estimate of drug-likeness (QED) is 0.0354. The SMILES string of the molecule is Nc1ccccc1NC(=O)CCCCCC(=O)NCc1cccc(-c2ccc(C3OC(CSc4ccccc4C(=O)O)CC(c4ccc(CO)cc4)O3)cc2)c1. The Hall–Kier alpha value is -5.46. The molecule has 11 heteroatoms. The molecular weight excluding hydrogens is 727 g/mol. The molecule has 3 atom stereocenters. The molecule has 1 heterocycles. The van der Waals surface area contributed by atoms with Crippen molar-refractivity contribution in [1.82, 2.24) is 5.32 Å². The predicted molar refractivity (Wildman–Crippen MR) is 219 cm³/mol. The molecule has 1 saturated heterocycles. The fraction of sp³-hybridized carbons (Fsp3) is 0.267. The monoisotopic (exact) mass is 773 g/mol. The number of thioether (sulfide) groups is 1. The van der Waals surface area contributed by atoms with E-state index in [1.165, 1.54) is 11.8 Å². The number of carbonyl (C=O) groups excluding carboxylic acids is 2. The van der Waals surface area contributed by atoms with Gasteiger partial charge in [-0.25, -0.2) is 4.79 Å². The molecule has 0 radical (unpaired) electrons. The van der Waals surface area contributed by atoms with E-state index < -0.39 is 12.3 Å². The maximum absolute atomic E-state index is 12.6. The number of para-hydroxylation sites is 2. The second kappa shape index (κ2) is 19.9. The van der Waals surface area contributed by atoms with E-state index in [2.05, 4.69) is 16.7 Å². The number of aliphatic hydroxyl groups excluding tert-OH is 1. The second-order valence-electron chi connectivity index (χ2n) is 13.8. The molecule has 10 nitrogen and oxygen atoms in total. The molecule has 1 fully saturated rings. The number of rotatable bonds is 17. The van der Waals surface area contributed by atoms with Gasteiger partial charge in [0.2, 0.25) is 11.8 Å². The van der Waals surface area contributed by atoms with Gasteiger partial charge < -0.3 is 36.1 Å². The summed E-state index contributed by atoms with van der Waals surface area (Å²) in [6.07, 6.45) is 2.38. The van der Waals surface area contributed by atoms with Gasteiger partial charge in [-0.2, -0.15) is 0 Å². The average molecular weight is 774 g/mol. The largest absolute Gasteiger partial charge is 0.478 e. The lowest BCUT2D eigenvalue weighted by Gasteiger charge is -2.36. The van der Waals surface area contributed by atoms with Gasteiger partial charge in [-0.1, -0.05) is 97.4 Å². The third-order valence-corrected chi connectivity index (χ3v) is 10.8. The average Bonchev–Trinajstić information content (AvgIpc) is 3.23. The van der Waals surface area contributed by atoms with Crippen LogP contribution in [-0.2, 0) is 32.2 Å². The van der Waals surface area contributed by atoms with Crippen molar-refractivity contribution >= 4 is 40.9 Å². The van der Waals surface area contributed by atoms with Gasteiger partial charge in [0.25, 0.3) is 0 Å². The van der Waals surface area contributed by atoms with Crippen molar-refractivity contribution < 1.29 is 34.1 Å². The van der Waals surface area contributed by atoms with Crippen LogP contribution in [0.25, 0.3) is 11.1 Å². The highest BCUT2D eigenvalue weighted by molar-refractivity contribution is 7.99. The topological polar surface area (TPSA) is 160 Å². The normalized spacial score (nSPS) is 16.6. The van der Waals surface area contributed by atoms with E-state index >= 15 is 0 Å². The Balaban J connectivity index is 1.02. The number of hydrogen-bond donors (Lipinski definition) is 5. The molecule has 0 aliphatic carbocycles. The van der Waals surface area contributed by atoms with Gasteiger partial charge in [0, 0.05) is 42.0 Å². The van der Waals surface area contributed by atoms with Gasteiger partial charge in [0.15, 0.2) is 6.29 Å². The highest BCUT2D eigenvalue weighted by Crippen LogP contribution is 2.40. The summed E-state index contributed by atoms with van der Waals surface area (Å²) in [5, 5.41) is 25.1. The zero-order chi connectivity index (χ0) is 39.3. The van der Waals surface area contributed by atoms with Gasteiger partial charge in [0.05, 0.1) is 35.8 Å². The van der Waals surface area contributed by atoms with Crippen LogP contribution in [0.4, 0.5) is 11.4 Å². The maximum Gasteiger partial charge on any atom is 0.336 e. The van der Waals surface area contributed by atoms with E-state index in [1.807, 2.05) is 91.0 Å². The van der Waals surface area contributed by atoms with Crippen molar-refractivity contribution in [3.05, 3.63) is 149 Å². The number of nitrogens with two attached hydrogens (primary N) is 1. The van der Waals surface area contributed by atoms with Crippen molar-refractivity contribution in [2.75, 3.05) is 16.8 Å². The first kappa shape index (κ1) is 40.2. The third-order valence-electron chi connectivity index (χ3n) is 9.63. The number of aliphatic hydroxyl groups is 1. The van der Waals surface area contributed by atoms with Crippen LogP contribution in [0.5, 0.6) is 0 Å². The number of ether oxygens (including phenoxy) is 2. The number of unbranched alkanes of at least 4 members (excludes halogenated alkanes) is 2. The number of hydrogen-bond acceptors (Lipinski definition) is 8. The molecule has 0 aromatic heterocycles. The van der Waals surface area contributed by atoms with Gasteiger partial charge in [-0.05, 0) is 71.0 Å². The molecule has 2 amide bonds. The first-order valence-electron chi connectivity index (χ1n) is 18.8. The highest BCUT2D eigenvalue weighted by atomic mass is 32.2. The van der Waals surface area contributed by atoms with Gasteiger partial charge >= 0.3 is 5.97 Å². The minimum atomic E-state index is -0.964. The number of nitrogens with one attached hydrogen (secondary N) is 2. The Labute approximate surface area is 331 Å². The molecule has 290 valence electrons. The van der Waals surface area contributed by atoms with Gasteiger partial charge in [-0.3, -0.25) is 9.59 Å². The van der Waals surface area contributed by atoms with Crippen LogP contribution in [0.2, 0.25) is 0 Å². The lowest BCUT2D eigenvalue weighted by Crippen LogP contribution is -2.31. The number of carboxylic acids is 1. The number of amides is 2. The Morgan fingerprint density at radius 3 is 2.20 bits per heavy atom. The summed E-state index contributed by atoms with van der Waals surface area (Å²) in [7, 11) is 0. The Morgan fingerprint density at radius 1 is 0.732 bits per heavy atom. The van der Waals surface area contributed by atoms with Crippen LogP contribution in [0.1, 0.15) is 83.5 Å². The molecule has 5 aromatic carbocycles. The number of aromatic carboxylic acids is 1. The van der Waals surface area contributed by atoms with Crippen LogP contribution in [-0.4, -0.2) is 39.9 Å². The second-order valence-corrected chi connectivity index (χ2v) is 14.8. The fourth-order valence-corrected chi connectivity index (χ4v) is 7.59. The van der Waals surface area contributed by atoms with Gasteiger partial charge in [-0.15, -0.1) is 11.8 Å². The van der Waals surface area contributed by atoms with Crippen molar-refractivity contribution in [2.45, 2.75) is 75.1 Å². The Kier molecular flexibility index (Phi) is 14.3. The molecule has 6 N–H and O–H groups in total. The summed E-state index contributed by atoms with van der Waals surface area (Å²) in [5.74, 6) is -0.539. The van der Waals surface area contributed by atoms with E-state index in [9.17, 15) is 24.6 Å². The molecule has 3 unspecified atom stereocenters. The third kappa shape index (κ3) is 11.3. The predicted octanol–water partition coefficient (Wildman–Crippen LogP) is 8.67. The number of anilines is 2. The fourth-order valence-electron chi connectivity index (χ4n) is 6.53. The molecule has 0 bridgehead atoms.